The van der Waals surface area contributed by atoms with Gasteiger partial charge in [0, 0.05) is 17.5 Å². The van der Waals surface area contributed by atoms with Crippen molar-refractivity contribution < 1.29 is 9.47 Å². The highest BCUT2D eigenvalue weighted by atomic mass is 79.9. The number of benzene rings is 1. The maximum absolute atomic E-state index is 5.76. The number of halogens is 1. The zero-order chi connectivity index (χ0) is 9.60. The summed E-state index contributed by atoms with van der Waals surface area (Å²) >= 11 is 3.48. The van der Waals surface area contributed by atoms with Gasteiger partial charge in [0.1, 0.15) is 11.7 Å². The average Bonchev–Trinajstić information content (AvgIpc) is 2.93. The van der Waals surface area contributed by atoms with Crippen molar-refractivity contribution in [3.8, 4) is 0 Å². The number of ether oxygens (including phenoxy) is 2. The number of epoxide rings is 1. The number of hydrogen-bond donors (Lipinski definition) is 0. The Morgan fingerprint density at radius 3 is 3.14 bits per heavy atom. The average molecular weight is 255 g/mol. The Hall–Kier alpha value is -0.380. The van der Waals surface area contributed by atoms with E-state index in [1.807, 2.05) is 6.07 Å². The SMILES string of the molecule is Brc1cccc([C@]23CCOC[C@H]2O3)c1. The molecule has 0 bridgehead atoms. The summed E-state index contributed by atoms with van der Waals surface area (Å²) in [6, 6.07) is 8.38. The molecule has 14 heavy (non-hydrogen) atoms. The van der Waals surface area contributed by atoms with E-state index < -0.39 is 0 Å². The Bertz CT molecular complexity index is 366. The van der Waals surface area contributed by atoms with Crippen molar-refractivity contribution in [3.05, 3.63) is 34.3 Å². The van der Waals surface area contributed by atoms with Gasteiger partial charge in [0.15, 0.2) is 0 Å². The number of rotatable bonds is 1. The zero-order valence-corrected chi connectivity index (χ0v) is 9.29. The largest absolute Gasteiger partial charge is 0.378 e. The summed E-state index contributed by atoms with van der Waals surface area (Å²) in [4.78, 5) is 0. The highest BCUT2D eigenvalue weighted by Gasteiger charge is 2.59. The second kappa shape index (κ2) is 3.05. The van der Waals surface area contributed by atoms with Gasteiger partial charge >= 0.3 is 0 Å². The molecular formula is C11H11BrO2. The van der Waals surface area contributed by atoms with E-state index >= 15 is 0 Å². The Kier molecular flexibility index (Phi) is 1.94. The van der Waals surface area contributed by atoms with Crippen molar-refractivity contribution in [2.24, 2.45) is 0 Å². The molecule has 2 fully saturated rings. The lowest BCUT2D eigenvalue weighted by molar-refractivity contribution is 0.0975. The van der Waals surface area contributed by atoms with E-state index in [0.717, 1.165) is 24.1 Å². The maximum Gasteiger partial charge on any atom is 0.124 e. The van der Waals surface area contributed by atoms with Crippen LogP contribution in [0.1, 0.15) is 12.0 Å². The summed E-state index contributed by atoms with van der Waals surface area (Å²) in [5, 5.41) is 0. The van der Waals surface area contributed by atoms with E-state index in [1.165, 1.54) is 5.56 Å². The van der Waals surface area contributed by atoms with Crippen LogP contribution in [0.25, 0.3) is 0 Å². The maximum atomic E-state index is 5.76. The lowest BCUT2D eigenvalue weighted by atomic mass is 9.91. The molecule has 0 saturated carbocycles. The van der Waals surface area contributed by atoms with Crippen LogP contribution in [0.5, 0.6) is 0 Å². The molecule has 3 heteroatoms. The lowest BCUT2D eigenvalue weighted by Crippen LogP contribution is -2.24. The van der Waals surface area contributed by atoms with Gasteiger partial charge in [-0.2, -0.15) is 0 Å². The number of fused-ring (bicyclic) bond motifs is 1. The molecule has 1 aromatic rings. The summed E-state index contributed by atoms with van der Waals surface area (Å²) in [7, 11) is 0. The third-order valence-corrected chi connectivity index (χ3v) is 3.51. The van der Waals surface area contributed by atoms with Crippen molar-refractivity contribution in [2.75, 3.05) is 13.2 Å². The van der Waals surface area contributed by atoms with Gasteiger partial charge < -0.3 is 9.47 Å². The van der Waals surface area contributed by atoms with Crippen molar-refractivity contribution >= 4 is 15.9 Å². The van der Waals surface area contributed by atoms with Crippen molar-refractivity contribution in [1.29, 1.82) is 0 Å². The summed E-state index contributed by atoms with van der Waals surface area (Å²) in [5.74, 6) is 0. The van der Waals surface area contributed by atoms with Crippen LogP contribution in [0.3, 0.4) is 0 Å². The summed E-state index contributed by atoms with van der Waals surface area (Å²) in [5.41, 5.74) is 1.25. The first-order chi connectivity index (χ1) is 6.81. The first-order valence-electron chi connectivity index (χ1n) is 4.83. The Morgan fingerprint density at radius 2 is 2.36 bits per heavy atom. The normalized spacial score (nSPS) is 35.1. The first-order valence-corrected chi connectivity index (χ1v) is 5.62. The fourth-order valence-corrected chi connectivity index (χ4v) is 2.57. The third kappa shape index (κ3) is 1.23. The minimum absolute atomic E-state index is 0.0258. The van der Waals surface area contributed by atoms with Crippen LogP contribution in [0.2, 0.25) is 0 Å². The molecule has 0 unspecified atom stereocenters. The molecule has 0 radical (unpaired) electrons. The molecule has 3 rings (SSSR count). The van der Waals surface area contributed by atoms with Crippen molar-refractivity contribution in [3.63, 3.8) is 0 Å². The summed E-state index contributed by atoms with van der Waals surface area (Å²) in [6.45, 7) is 1.55. The van der Waals surface area contributed by atoms with Gasteiger partial charge in [-0.25, -0.2) is 0 Å². The molecule has 0 amide bonds. The van der Waals surface area contributed by atoms with E-state index in [4.69, 9.17) is 9.47 Å². The molecule has 1 aromatic carbocycles. The zero-order valence-electron chi connectivity index (χ0n) is 7.70. The highest BCUT2D eigenvalue weighted by molar-refractivity contribution is 9.10. The van der Waals surface area contributed by atoms with Gasteiger partial charge in [-0.15, -0.1) is 0 Å². The molecule has 74 valence electrons. The van der Waals surface area contributed by atoms with Crippen molar-refractivity contribution in [1.82, 2.24) is 0 Å². The van der Waals surface area contributed by atoms with Crippen LogP contribution >= 0.6 is 15.9 Å². The first kappa shape index (κ1) is 8.89. The van der Waals surface area contributed by atoms with Crippen LogP contribution in [-0.2, 0) is 15.1 Å². The molecule has 2 atom stereocenters. The second-order valence-corrected chi connectivity index (χ2v) is 4.75. The molecular weight excluding hydrogens is 244 g/mol. The van der Waals surface area contributed by atoms with Crippen LogP contribution in [0, 0.1) is 0 Å². The monoisotopic (exact) mass is 254 g/mol. The standard InChI is InChI=1S/C11H11BrO2/c12-9-3-1-2-8(6-9)11-4-5-13-7-10(11)14-11/h1-3,6,10H,4-5,7H2/t10-,11-/m1/s1. The predicted octanol–water partition coefficient (Wildman–Crippen LogP) is 2.46. The highest BCUT2D eigenvalue weighted by Crippen LogP contribution is 2.51. The van der Waals surface area contributed by atoms with Crippen molar-refractivity contribution in [2.45, 2.75) is 18.1 Å². The molecule has 2 aliphatic heterocycles. The molecule has 0 spiro atoms. The minimum Gasteiger partial charge on any atom is -0.378 e. The second-order valence-electron chi connectivity index (χ2n) is 3.83. The molecule has 2 nitrogen and oxygen atoms in total. The smallest absolute Gasteiger partial charge is 0.124 e. The van der Waals surface area contributed by atoms with E-state index in [9.17, 15) is 0 Å². The molecule has 2 heterocycles. The van der Waals surface area contributed by atoms with Gasteiger partial charge in [-0.05, 0) is 17.7 Å². The number of hydrogen-bond acceptors (Lipinski definition) is 2. The lowest BCUT2D eigenvalue weighted by Gasteiger charge is -2.18. The Balaban J connectivity index is 1.95. The molecule has 2 aliphatic rings. The summed E-state index contributed by atoms with van der Waals surface area (Å²) < 4.78 is 12.2. The third-order valence-electron chi connectivity index (χ3n) is 3.02. The Morgan fingerprint density at radius 1 is 1.43 bits per heavy atom. The van der Waals surface area contributed by atoms with Gasteiger partial charge in [0.05, 0.1) is 6.61 Å². The fourth-order valence-electron chi connectivity index (χ4n) is 2.17. The van der Waals surface area contributed by atoms with Gasteiger partial charge in [0.2, 0.25) is 0 Å². The van der Waals surface area contributed by atoms with Crippen LogP contribution in [0.15, 0.2) is 28.7 Å². The molecule has 0 N–H and O–H groups in total. The molecule has 2 saturated heterocycles. The van der Waals surface area contributed by atoms with Gasteiger partial charge in [0.25, 0.3) is 0 Å². The molecule has 0 aliphatic carbocycles. The van der Waals surface area contributed by atoms with E-state index in [2.05, 4.69) is 34.1 Å². The topological polar surface area (TPSA) is 21.8 Å². The Labute approximate surface area is 91.3 Å². The van der Waals surface area contributed by atoms with E-state index in [0.29, 0.717) is 0 Å². The van der Waals surface area contributed by atoms with Gasteiger partial charge in [-0.3, -0.25) is 0 Å². The summed E-state index contributed by atoms with van der Waals surface area (Å²) in [6.07, 6.45) is 1.26. The van der Waals surface area contributed by atoms with Crippen LogP contribution < -0.4 is 0 Å². The fraction of sp³-hybridized carbons (Fsp3) is 0.455. The minimum atomic E-state index is -0.0258. The van der Waals surface area contributed by atoms with Crippen LogP contribution in [-0.4, -0.2) is 19.3 Å². The van der Waals surface area contributed by atoms with Crippen LogP contribution in [0.4, 0.5) is 0 Å². The van der Waals surface area contributed by atoms with E-state index in [-0.39, 0.29) is 11.7 Å². The predicted molar refractivity (Wildman–Crippen MR) is 56.1 cm³/mol. The molecule has 0 aromatic heterocycles. The quantitative estimate of drug-likeness (QED) is 0.719. The van der Waals surface area contributed by atoms with Gasteiger partial charge in [-0.1, -0.05) is 28.1 Å². The van der Waals surface area contributed by atoms with E-state index in [1.54, 1.807) is 0 Å².